The molecule has 1 aromatic heterocycles. The van der Waals surface area contributed by atoms with E-state index in [1.54, 1.807) is 12.1 Å². The molecular weight excluding hydrogens is 344 g/mol. The maximum atomic E-state index is 9.68. The largest absolute Gasteiger partial charge is 0.508 e. The second-order valence-corrected chi connectivity index (χ2v) is 7.85. The van der Waals surface area contributed by atoms with Crippen molar-refractivity contribution in [1.29, 1.82) is 0 Å². The Bertz CT molecular complexity index is 1120. The molecule has 1 saturated carbocycles. The molecule has 3 heteroatoms. The molecule has 0 unspecified atom stereocenters. The van der Waals surface area contributed by atoms with Gasteiger partial charge in [0.05, 0.1) is 11.6 Å². The Hall–Kier alpha value is -3.07. The SMILES string of the molecule is Cc1ccc(-c2cccc3c(-c4ccc(O)cc4)nn(C4CCCC4)c23)cc1. The van der Waals surface area contributed by atoms with Gasteiger partial charge in [-0.3, -0.25) is 4.68 Å². The van der Waals surface area contributed by atoms with Crippen LogP contribution < -0.4 is 0 Å². The molecule has 4 aromatic rings. The van der Waals surface area contributed by atoms with E-state index in [4.69, 9.17) is 5.10 Å². The zero-order chi connectivity index (χ0) is 19.1. The fourth-order valence-electron chi connectivity index (χ4n) is 4.40. The number of aromatic hydroxyl groups is 1. The van der Waals surface area contributed by atoms with Crippen molar-refractivity contribution in [2.45, 2.75) is 38.6 Å². The third-order valence-corrected chi connectivity index (χ3v) is 5.90. The number of nitrogens with zero attached hydrogens (tertiary/aromatic N) is 2. The molecule has 1 heterocycles. The lowest BCUT2D eigenvalue weighted by Gasteiger charge is -2.14. The first-order valence-corrected chi connectivity index (χ1v) is 10.1. The number of fused-ring (bicyclic) bond motifs is 1. The fourth-order valence-corrected chi connectivity index (χ4v) is 4.40. The van der Waals surface area contributed by atoms with Gasteiger partial charge >= 0.3 is 0 Å². The predicted octanol–water partition coefficient (Wildman–Crippen LogP) is 6.50. The number of aryl methyl sites for hydroxylation is 1. The van der Waals surface area contributed by atoms with Crippen LogP contribution >= 0.6 is 0 Å². The molecule has 0 aliphatic heterocycles. The quantitative estimate of drug-likeness (QED) is 0.448. The zero-order valence-electron chi connectivity index (χ0n) is 16.1. The zero-order valence-corrected chi connectivity index (χ0v) is 16.1. The summed E-state index contributed by atoms with van der Waals surface area (Å²) in [4.78, 5) is 0. The van der Waals surface area contributed by atoms with E-state index < -0.39 is 0 Å². The first-order chi connectivity index (χ1) is 13.7. The minimum Gasteiger partial charge on any atom is -0.508 e. The van der Waals surface area contributed by atoms with Crippen LogP contribution in [0.1, 0.15) is 37.3 Å². The van der Waals surface area contributed by atoms with Crippen LogP contribution in [0.25, 0.3) is 33.3 Å². The second kappa shape index (κ2) is 6.83. The summed E-state index contributed by atoms with van der Waals surface area (Å²) in [6, 6.07) is 23.1. The van der Waals surface area contributed by atoms with E-state index in [-0.39, 0.29) is 5.75 Å². The van der Waals surface area contributed by atoms with E-state index in [0.717, 1.165) is 11.3 Å². The maximum Gasteiger partial charge on any atom is 0.115 e. The predicted molar refractivity (Wildman–Crippen MR) is 115 cm³/mol. The van der Waals surface area contributed by atoms with Crippen LogP contribution in [0.2, 0.25) is 0 Å². The molecule has 0 atom stereocenters. The molecule has 0 amide bonds. The number of rotatable bonds is 3. The van der Waals surface area contributed by atoms with E-state index >= 15 is 0 Å². The van der Waals surface area contributed by atoms with Crippen LogP contribution in [0.4, 0.5) is 0 Å². The number of phenols is 1. The Balaban J connectivity index is 1.77. The van der Waals surface area contributed by atoms with Gasteiger partial charge in [0.2, 0.25) is 0 Å². The summed E-state index contributed by atoms with van der Waals surface area (Å²) < 4.78 is 2.28. The molecule has 0 saturated heterocycles. The Morgan fingerprint density at radius 1 is 0.857 bits per heavy atom. The molecule has 5 rings (SSSR count). The summed E-state index contributed by atoms with van der Waals surface area (Å²) in [6.45, 7) is 2.12. The topological polar surface area (TPSA) is 38.1 Å². The third kappa shape index (κ3) is 2.88. The highest BCUT2D eigenvalue weighted by Crippen LogP contribution is 2.40. The highest BCUT2D eigenvalue weighted by molar-refractivity contribution is 6.01. The Kier molecular flexibility index (Phi) is 4.16. The van der Waals surface area contributed by atoms with E-state index in [0.29, 0.717) is 6.04 Å². The van der Waals surface area contributed by atoms with Gasteiger partial charge in [0.1, 0.15) is 11.4 Å². The molecule has 1 aliphatic rings. The summed E-state index contributed by atoms with van der Waals surface area (Å²) in [7, 11) is 0. The van der Waals surface area contributed by atoms with E-state index in [1.807, 2.05) is 12.1 Å². The van der Waals surface area contributed by atoms with Crippen molar-refractivity contribution >= 4 is 10.9 Å². The van der Waals surface area contributed by atoms with E-state index in [2.05, 4.69) is 54.1 Å². The second-order valence-electron chi connectivity index (χ2n) is 7.85. The lowest BCUT2D eigenvalue weighted by molar-refractivity contribution is 0.475. The molecule has 1 N–H and O–H groups in total. The van der Waals surface area contributed by atoms with E-state index in [1.165, 1.54) is 53.3 Å². The van der Waals surface area contributed by atoms with Gasteiger partial charge in [0, 0.05) is 16.5 Å². The van der Waals surface area contributed by atoms with Gasteiger partial charge in [-0.15, -0.1) is 0 Å². The fraction of sp³-hybridized carbons (Fsp3) is 0.240. The standard InChI is InChI=1S/C25H24N2O/c1-17-9-11-18(12-10-17)22-7-4-8-23-24(19-13-15-21(28)16-14-19)26-27(25(22)23)20-5-2-3-6-20/h4,7-16,20,28H,2-3,5-6H2,1H3. The van der Waals surface area contributed by atoms with Crippen molar-refractivity contribution in [3.8, 4) is 28.1 Å². The smallest absolute Gasteiger partial charge is 0.115 e. The lowest BCUT2D eigenvalue weighted by atomic mass is 9.99. The van der Waals surface area contributed by atoms with Crippen molar-refractivity contribution in [2.75, 3.05) is 0 Å². The van der Waals surface area contributed by atoms with Crippen LogP contribution in [-0.4, -0.2) is 14.9 Å². The van der Waals surface area contributed by atoms with Crippen molar-refractivity contribution in [3.63, 3.8) is 0 Å². The highest BCUT2D eigenvalue weighted by Gasteiger charge is 2.24. The molecule has 140 valence electrons. The minimum atomic E-state index is 0.281. The molecule has 1 aliphatic carbocycles. The van der Waals surface area contributed by atoms with Crippen LogP contribution in [0.5, 0.6) is 5.75 Å². The highest BCUT2D eigenvalue weighted by atomic mass is 16.3. The van der Waals surface area contributed by atoms with Gasteiger partial charge < -0.3 is 5.11 Å². The van der Waals surface area contributed by atoms with Gasteiger partial charge in [0.25, 0.3) is 0 Å². The number of hydrogen-bond donors (Lipinski definition) is 1. The van der Waals surface area contributed by atoms with Gasteiger partial charge in [-0.2, -0.15) is 5.10 Å². The Morgan fingerprint density at radius 2 is 1.54 bits per heavy atom. The van der Waals surface area contributed by atoms with Gasteiger partial charge in [-0.05, 0) is 49.6 Å². The monoisotopic (exact) mass is 368 g/mol. The number of benzene rings is 3. The number of para-hydroxylation sites is 1. The summed E-state index contributed by atoms with van der Waals surface area (Å²) in [5.74, 6) is 0.281. The van der Waals surface area contributed by atoms with Gasteiger partial charge in [-0.1, -0.05) is 60.9 Å². The van der Waals surface area contributed by atoms with Crippen LogP contribution in [0.3, 0.4) is 0 Å². The summed E-state index contributed by atoms with van der Waals surface area (Å²) >= 11 is 0. The third-order valence-electron chi connectivity index (χ3n) is 5.90. The first-order valence-electron chi connectivity index (χ1n) is 10.1. The lowest BCUT2D eigenvalue weighted by Crippen LogP contribution is -2.07. The molecule has 3 nitrogen and oxygen atoms in total. The average molecular weight is 368 g/mol. The van der Waals surface area contributed by atoms with Crippen molar-refractivity contribution in [3.05, 3.63) is 72.3 Å². The van der Waals surface area contributed by atoms with Crippen LogP contribution in [0, 0.1) is 6.92 Å². The number of hydrogen-bond acceptors (Lipinski definition) is 2. The van der Waals surface area contributed by atoms with Crippen LogP contribution in [0.15, 0.2) is 66.7 Å². The Labute approximate surface area is 165 Å². The molecule has 1 fully saturated rings. The summed E-state index contributed by atoms with van der Waals surface area (Å²) in [6.07, 6.45) is 4.92. The molecule has 3 aromatic carbocycles. The minimum absolute atomic E-state index is 0.281. The molecule has 28 heavy (non-hydrogen) atoms. The summed E-state index contributed by atoms with van der Waals surface area (Å²) in [5, 5.41) is 16.0. The Morgan fingerprint density at radius 3 is 2.25 bits per heavy atom. The molecule has 0 spiro atoms. The first kappa shape index (κ1) is 17.1. The van der Waals surface area contributed by atoms with Gasteiger partial charge in [0.15, 0.2) is 0 Å². The maximum absolute atomic E-state index is 9.68. The van der Waals surface area contributed by atoms with Crippen molar-refractivity contribution in [2.24, 2.45) is 0 Å². The number of aromatic nitrogens is 2. The molecule has 0 radical (unpaired) electrons. The normalized spacial score (nSPS) is 14.8. The summed E-state index contributed by atoms with van der Waals surface area (Å²) in [5.41, 5.74) is 7.00. The number of phenolic OH excluding ortho intramolecular Hbond substituents is 1. The van der Waals surface area contributed by atoms with E-state index in [9.17, 15) is 5.11 Å². The van der Waals surface area contributed by atoms with Crippen LogP contribution in [-0.2, 0) is 0 Å². The average Bonchev–Trinajstić information content (AvgIpc) is 3.37. The molecular formula is C25H24N2O. The van der Waals surface area contributed by atoms with Crippen molar-refractivity contribution < 1.29 is 5.11 Å². The van der Waals surface area contributed by atoms with Crippen molar-refractivity contribution in [1.82, 2.24) is 9.78 Å². The van der Waals surface area contributed by atoms with Gasteiger partial charge in [-0.25, -0.2) is 0 Å². The molecule has 0 bridgehead atoms.